The van der Waals surface area contributed by atoms with Gasteiger partial charge in [-0.15, -0.1) is 0 Å². The van der Waals surface area contributed by atoms with Crippen molar-refractivity contribution >= 4 is 23.5 Å². The van der Waals surface area contributed by atoms with Crippen molar-refractivity contribution in [3.63, 3.8) is 0 Å². The summed E-state index contributed by atoms with van der Waals surface area (Å²) >= 11 is 6.43. The molecule has 2 saturated carbocycles. The number of benzene rings is 3. The average Bonchev–Trinajstić information content (AvgIpc) is 3.47. The Bertz CT molecular complexity index is 1200. The molecular formula is C29H28ClNO3. The maximum Gasteiger partial charge on any atom is 0.305 e. The minimum absolute atomic E-state index is 0.0414. The Balaban J connectivity index is 1.44. The first kappa shape index (κ1) is 22.7. The molecule has 2 bridgehead atoms. The number of hydrogen-bond donors (Lipinski definition) is 2. The SMILES string of the molecule is O=C(O)CCNC(=O)c1ccc(C2(c3ccc(-c4ccccc4Cl)cc3)CC3CCC2C3)cc1. The van der Waals surface area contributed by atoms with Gasteiger partial charge < -0.3 is 10.4 Å². The molecule has 3 aromatic carbocycles. The minimum atomic E-state index is -0.922. The summed E-state index contributed by atoms with van der Waals surface area (Å²) in [5.41, 5.74) is 5.25. The number of carbonyl (C=O) groups is 2. The fraction of sp³-hybridized carbons (Fsp3) is 0.310. The molecule has 34 heavy (non-hydrogen) atoms. The average molecular weight is 474 g/mol. The van der Waals surface area contributed by atoms with E-state index in [4.69, 9.17) is 16.7 Å². The second-order valence-corrected chi connectivity index (χ2v) is 9.99. The van der Waals surface area contributed by atoms with Gasteiger partial charge in [-0.2, -0.15) is 0 Å². The lowest BCUT2D eigenvalue weighted by atomic mass is 9.64. The van der Waals surface area contributed by atoms with E-state index in [0.29, 0.717) is 11.5 Å². The molecule has 174 valence electrons. The van der Waals surface area contributed by atoms with E-state index in [1.54, 1.807) is 0 Å². The van der Waals surface area contributed by atoms with Gasteiger partial charge in [-0.05, 0) is 66.0 Å². The number of fused-ring (bicyclic) bond motifs is 2. The second kappa shape index (κ2) is 9.27. The first-order valence-corrected chi connectivity index (χ1v) is 12.3. The molecule has 0 saturated heterocycles. The predicted molar refractivity (Wildman–Crippen MR) is 134 cm³/mol. The van der Waals surface area contributed by atoms with E-state index in [1.165, 1.54) is 30.4 Å². The van der Waals surface area contributed by atoms with Gasteiger partial charge in [0.1, 0.15) is 0 Å². The van der Waals surface area contributed by atoms with Crippen molar-refractivity contribution in [2.75, 3.05) is 6.54 Å². The zero-order chi connectivity index (χ0) is 23.7. The van der Waals surface area contributed by atoms with Crippen LogP contribution in [0.15, 0.2) is 72.8 Å². The van der Waals surface area contributed by atoms with Crippen LogP contribution in [0.1, 0.15) is 53.6 Å². The summed E-state index contributed by atoms with van der Waals surface area (Å²) in [7, 11) is 0. The number of hydrogen-bond acceptors (Lipinski definition) is 2. The summed E-state index contributed by atoms with van der Waals surface area (Å²) in [5.74, 6) is 0.180. The highest BCUT2D eigenvalue weighted by Crippen LogP contribution is 2.60. The number of carboxylic acids is 1. The summed E-state index contributed by atoms with van der Waals surface area (Å²) in [4.78, 5) is 23.1. The molecule has 2 aliphatic carbocycles. The van der Waals surface area contributed by atoms with Crippen LogP contribution < -0.4 is 5.32 Å². The van der Waals surface area contributed by atoms with Crippen LogP contribution in [-0.2, 0) is 10.2 Å². The van der Waals surface area contributed by atoms with E-state index in [0.717, 1.165) is 28.5 Å². The van der Waals surface area contributed by atoms with Crippen LogP contribution >= 0.6 is 11.6 Å². The minimum Gasteiger partial charge on any atom is -0.481 e. The lowest BCUT2D eigenvalue weighted by Crippen LogP contribution is -2.34. The van der Waals surface area contributed by atoms with E-state index in [1.807, 2.05) is 36.4 Å². The summed E-state index contributed by atoms with van der Waals surface area (Å²) in [6, 6.07) is 24.7. The van der Waals surface area contributed by atoms with Crippen molar-refractivity contribution < 1.29 is 14.7 Å². The van der Waals surface area contributed by atoms with Gasteiger partial charge in [0.2, 0.25) is 0 Å². The molecule has 0 spiro atoms. The predicted octanol–water partition coefficient (Wildman–Crippen LogP) is 6.32. The van der Waals surface area contributed by atoms with Crippen molar-refractivity contribution in [1.82, 2.24) is 5.32 Å². The molecule has 0 heterocycles. The van der Waals surface area contributed by atoms with Gasteiger partial charge in [-0.25, -0.2) is 0 Å². The standard InChI is InChI=1S/C29H28ClNO3/c30-26-4-2-1-3-25(26)20-6-11-22(12-7-20)29(18-19-5-10-24(29)17-19)23-13-8-21(9-14-23)28(34)31-16-15-27(32)33/h1-4,6-9,11-14,19,24H,5,10,15-18H2,(H,31,34)(H,32,33). The fourth-order valence-corrected chi connectivity index (χ4v) is 6.40. The maximum absolute atomic E-state index is 12.4. The molecule has 3 aromatic rings. The van der Waals surface area contributed by atoms with Crippen molar-refractivity contribution in [3.8, 4) is 11.1 Å². The Kier molecular flexibility index (Phi) is 6.18. The molecule has 3 unspecified atom stereocenters. The first-order valence-electron chi connectivity index (χ1n) is 11.9. The first-order chi connectivity index (χ1) is 16.5. The number of amides is 1. The van der Waals surface area contributed by atoms with E-state index >= 15 is 0 Å². The van der Waals surface area contributed by atoms with Crippen molar-refractivity contribution in [3.05, 3.63) is 94.5 Å². The molecule has 2 fully saturated rings. The van der Waals surface area contributed by atoms with Gasteiger partial charge in [0.25, 0.3) is 5.91 Å². The third-order valence-corrected chi connectivity index (χ3v) is 8.05. The maximum atomic E-state index is 12.4. The van der Waals surface area contributed by atoms with Crippen LogP contribution in [0.5, 0.6) is 0 Å². The van der Waals surface area contributed by atoms with Crippen molar-refractivity contribution in [1.29, 1.82) is 0 Å². The largest absolute Gasteiger partial charge is 0.481 e. The molecule has 2 N–H and O–H groups in total. The molecule has 0 aliphatic heterocycles. The normalized spacial score (nSPS) is 23.1. The van der Waals surface area contributed by atoms with Crippen LogP contribution in [0.4, 0.5) is 0 Å². The Morgan fingerprint density at radius 2 is 1.62 bits per heavy atom. The van der Waals surface area contributed by atoms with Gasteiger partial charge in [0.05, 0.1) is 6.42 Å². The van der Waals surface area contributed by atoms with Gasteiger partial charge in [-0.3, -0.25) is 9.59 Å². The van der Waals surface area contributed by atoms with Gasteiger partial charge in [0, 0.05) is 28.1 Å². The fourth-order valence-electron chi connectivity index (χ4n) is 6.15. The zero-order valence-electron chi connectivity index (χ0n) is 19.0. The van der Waals surface area contributed by atoms with Crippen LogP contribution in [0.25, 0.3) is 11.1 Å². The topological polar surface area (TPSA) is 66.4 Å². The highest BCUT2D eigenvalue weighted by atomic mass is 35.5. The summed E-state index contributed by atoms with van der Waals surface area (Å²) in [5, 5.41) is 12.2. The molecular weight excluding hydrogens is 446 g/mol. The monoisotopic (exact) mass is 473 g/mol. The van der Waals surface area contributed by atoms with Crippen molar-refractivity contribution in [2.24, 2.45) is 11.8 Å². The highest BCUT2D eigenvalue weighted by Gasteiger charge is 2.52. The number of rotatable bonds is 7. The van der Waals surface area contributed by atoms with E-state index < -0.39 is 5.97 Å². The van der Waals surface area contributed by atoms with Crippen LogP contribution in [0.3, 0.4) is 0 Å². The van der Waals surface area contributed by atoms with Crippen LogP contribution in [0.2, 0.25) is 5.02 Å². The number of halogens is 1. The van der Waals surface area contributed by atoms with Crippen LogP contribution in [-0.4, -0.2) is 23.5 Å². The summed E-state index contributed by atoms with van der Waals surface area (Å²) < 4.78 is 0. The second-order valence-electron chi connectivity index (χ2n) is 9.59. The molecule has 3 atom stereocenters. The lowest BCUT2D eigenvalue weighted by Gasteiger charge is -2.39. The lowest BCUT2D eigenvalue weighted by molar-refractivity contribution is -0.136. The van der Waals surface area contributed by atoms with Crippen molar-refractivity contribution in [2.45, 2.75) is 37.5 Å². The molecule has 5 rings (SSSR count). The van der Waals surface area contributed by atoms with E-state index in [2.05, 4.69) is 41.7 Å². The van der Waals surface area contributed by atoms with E-state index in [-0.39, 0.29) is 24.3 Å². The summed E-state index contributed by atoms with van der Waals surface area (Å²) in [6.07, 6.45) is 4.83. The Morgan fingerprint density at radius 3 is 2.21 bits per heavy atom. The molecule has 1 amide bonds. The Hall–Kier alpha value is -3.11. The smallest absolute Gasteiger partial charge is 0.305 e. The van der Waals surface area contributed by atoms with Gasteiger partial charge in [0.15, 0.2) is 0 Å². The summed E-state index contributed by atoms with van der Waals surface area (Å²) in [6.45, 7) is 0.126. The number of nitrogens with one attached hydrogen (secondary N) is 1. The van der Waals surface area contributed by atoms with E-state index in [9.17, 15) is 9.59 Å². The van der Waals surface area contributed by atoms with Gasteiger partial charge >= 0.3 is 5.97 Å². The highest BCUT2D eigenvalue weighted by molar-refractivity contribution is 6.33. The third kappa shape index (κ3) is 4.12. The van der Waals surface area contributed by atoms with Gasteiger partial charge in [-0.1, -0.05) is 72.6 Å². The third-order valence-electron chi connectivity index (χ3n) is 7.72. The Labute approximate surface area is 205 Å². The zero-order valence-corrected chi connectivity index (χ0v) is 19.7. The number of aliphatic carboxylic acids is 1. The number of carbonyl (C=O) groups excluding carboxylic acids is 1. The molecule has 0 aromatic heterocycles. The van der Waals surface area contributed by atoms with Crippen LogP contribution in [0, 0.1) is 11.8 Å². The molecule has 0 radical (unpaired) electrons. The number of carboxylic acid groups (broad SMARTS) is 1. The molecule has 5 heteroatoms. The quantitative estimate of drug-likeness (QED) is 0.422. The Morgan fingerprint density at radius 1 is 0.941 bits per heavy atom. The molecule has 2 aliphatic rings. The molecule has 4 nitrogen and oxygen atoms in total.